The normalized spacial score (nSPS) is 17.0. The van der Waals surface area contributed by atoms with Crippen molar-refractivity contribution >= 4 is 58.3 Å². The third-order valence-corrected chi connectivity index (χ3v) is 10.2. The van der Waals surface area contributed by atoms with Crippen LogP contribution in [-0.4, -0.2) is 67.8 Å². The molecule has 1 spiro atoms. The van der Waals surface area contributed by atoms with Crippen LogP contribution >= 0.6 is 34.3 Å². The summed E-state index contributed by atoms with van der Waals surface area (Å²) in [5.74, 6) is -0.315. The van der Waals surface area contributed by atoms with Gasteiger partial charge in [0.05, 0.1) is 33.1 Å². The molecule has 2 fully saturated rings. The van der Waals surface area contributed by atoms with Crippen LogP contribution in [0, 0.1) is 5.41 Å². The maximum absolute atomic E-state index is 13.2. The average Bonchev–Trinajstić information content (AvgIpc) is 3.69. The van der Waals surface area contributed by atoms with Crippen molar-refractivity contribution in [1.29, 1.82) is 0 Å². The highest BCUT2D eigenvalue weighted by atomic mass is 35.5. The molecule has 9 nitrogen and oxygen atoms in total. The molecule has 1 amide bonds. The molecule has 3 heterocycles. The number of hydrogen-bond acceptors (Lipinski definition) is 10. The molecule has 2 N–H and O–H groups in total. The predicted octanol–water partition coefficient (Wildman–Crippen LogP) is 5.56. The van der Waals surface area contributed by atoms with Crippen LogP contribution < -0.4 is 10.1 Å². The van der Waals surface area contributed by atoms with Gasteiger partial charge in [0, 0.05) is 12.6 Å². The van der Waals surface area contributed by atoms with Gasteiger partial charge in [0.2, 0.25) is 5.60 Å². The molecular weight excluding hydrogens is 588 g/mol. The number of amides is 1. The van der Waals surface area contributed by atoms with E-state index in [2.05, 4.69) is 10.2 Å². The Morgan fingerprint density at radius 1 is 1.17 bits per heavy atom. The molecule has 1 saturated heterocycles. The fraction of sp³-hybridized carbons (Fsp3) is 0.414. The molecule has 218 valence electrons. The van der Waals surface area contributed by atoms with E-state index in [0.717, 1.165) is 38.8 Å². The summed E-state index contributed by atoms with van der Waals surface area (Å²) in [7, 11) is 1.43. The Balaban J connectivity index is 1.05. The number of esters is 1. The van der Waals surface area contributed by atoms with Crippen molar-refractivity contribution in [3.05, 3.63) is 67.5 Å². The molecule has 2 aromatic heterocycles. The van der Waals surface area contributed by atoms with E-state index in [9.17, 15) is 19.5 Å². The Labute approximate surface area is 251 Å². The van der Waals surface area contributed by atoms with Gasteiger partial charge in [-0.1, -0.05) is 23.7 Å². The lowest BCUT2D eigenvalue weighted by atomic mass is 9.61. The fourth-order valence-electron chi connectivity index (χ4n) is 5.52. The Kier molecular flexibility index (Phi) is 9.00. The predicted molar refractivity (Wildman–Crippen MR) is 157 cm³/mol. The van der Waals surface area contributed by atoms with Crippen LogP contribution in [0.4, 0.5) is 10.5 Å². The average molecular weight is 619 g/mol. The van der Waals surface area contributed by atoms with E-state index in [1.54, 1.807) is 12.1 Å². The Morgan fingerprint density at radius 2 is 1.83 bits per heavy atom. The first-order valence-corrected chi connectivity index (χ1v) is 15.4. The first-order chi connectivity index (χ1) is 19.8. The number of benzene rings is 1. The van der Waals surface area contributed by atoms with Gasteiger partial charge in [-0.15, -0.1) is 22.7 Å². The van der Waals surface area contributed by atoms with E-state index in [0.29, 0.717) is 34.0 Å². The first-order valence-electron chi connectivity index (χ1n) is 13.3. The third-order valence-electron chi connectivity index (χ3n) is 7.89. The van der Waals surface area contributed by atoms with Crippen LogP contribution in [0.3, 0.4) is 0 Å². The molecule has 1 aromatic carbocycles. The van der Waals surface area contributed by atoms with Crippen molar-refractivity contribution in [2.24, 2.45) is 5.41 Å². The maximum Gasteiger partial charge on any atom is 0.411 e. The van der Waals surface area contributed by atoms with E-state index in [1.807, 2.05) is 22.9 Å². The number of methoxy groups -OCH3 is 1. The lowest BCUT2D eigenvalue weighted by Gasteiger charge is -2.51. The summed E-state index contributed by atoms with van der Waals surface area (Å²) in [5, 5.41) is 17.9. The van der Waals surface area contributed by atoms with Crippen LogP contribution in [0.25, 0.3) is 0 Å². The summed E-state index contributed by atoms with van der Waals surface area (Å²) >= 11 is 8.83. The lowest BCUT2D eigenvalue weighted by molar-refractivity contribution is -0.181. The van der Waals surface area contributed by atoms with Gasteiger partial charge in [-0.05, 0) is 73.1 Å². The molecule has 0 bridgehead atoms. The Hall–Kier alpha value is -2.96. The first kappa shape index (κ1) is 29.5. The number of carbonyl (C=O) groups excluding carboxylic acids is 3. The zero-order chi connectivity index (χ0) is 29.0. The van der Waals surface area contributed by atoms with Crippen molar-refractivity contribution in [1.82, 2.24) is 4.90 Å². The number of nitrogens with one attached hydrogen (secondary N) is 1. The molecular formula is C29H31ClN2O7S2. The third kappa shape index (κ3) is 6.29. The molecule has 0 radical (unpaired) electrons. The molecule has 0 unspecified atom stereocenters. The van der Waals surface area contributed by atoms with Gasteiger partial charge in [0.15, 0.2) is 6.29 Å². The quantitative estimate of drug-likeness (QED) is 0.224. The molecule has 12 heteroatoms. The van der Waals surface area contributed by atoms with E-state index in [-0.39, 0.29) is 28.7 Å². The number of piperidine rings is 1. The van der Waals surface area contributed by atoms with Crippen molar-refractivity contribution in [2.75, 3.05) is 38.7 Å². The number of nitrogens with zero attached hydrogens (tertiary/aromatic N) is 1. The van der Waals surface area contributed by atoms with E-state index in [4.69, 9.17) is 25.8 Å². The Bertz CT molecular complexity index is 1330. The molecule has 1 aliphatic carbocycles. The SMILES string of the molecule is COc1cc(NC(=O)OCCN2CCC3(CC2)CC(OC(=O)C(O)(c2cccs2)c2cccs2)C3)c(Cl)cc1C=O. The van der Waals surface area contributed by atoms with Gasteiger partial charge in [-0.2, -0.15) is 0 Å². The smallest absolute Gasteiger partial charge is 0.411 e. The Morgan fingerprint density at radius 3 is 2.39 bits per heavy atom. The summed E-state index contributed by atoms with van der Waals surface area (Å²) in [5.41, 5.74) is -1.07. The summed E-state index contributed by atoms with van der Waals surface area (Å²) in [4.78, 5) is 40.0. The second-order valence-electron chi connectivity index (χ2n) is 10.4. The second-order valence-corrected chi connectivity index (χ2v) is 12.7. The molecule has 2 aliphatic rings. The fourth-order valence-corrected chi connectivity index (χ4v) is 7.46. The summed E-state index contributed by atoms with van der Waals surface area (Å²) < 4.78 is 16.3. The monoisotopic (exact) mass is 618 g/mol. The number of aliphatic hydroxyl groups is 1. The van der Waals surface area contributed by atoms with Gasteiger partial charge >= 0.3 is 12.1 Å². The van der Waals surface area contributed by atoms with Crippen molar-refractivity contribution in [3.8, 4) is 5.75 Å². The number of ether oxygens (including phenoxy) is 3. The van der Waals surface area contributed by atoms with E-state index >= 15 is 0 Å². The van der Waals surface area contributed by atoms with Gasteiger partial charge < -0.3 is 19.3 Å². The number of rotatable bonds is 10. The van der Waals surface area contributed by atoms with E-state index < -0.39 is 17.7 Å². The van der Waals surface area contributed by atoms with Crippen LogP contribution in [-0.2, 0) is 19.9 Å². The number of hydrogen-bond donors (Lipinski definition) is 2. The standard InChI is InChI=1S/C29H31ClN2O7S2/c1-37-23-15-22(21(30)14-19(23)18-33)31-27(35)38-11-10-32-8-6-28(7-9-32)16-20(17-28)39-26(34)29(36,24-4-2-12-40-24)25-5-3-13-41-25/h2-5,12-15,18,20,36H,6-11,16-17H2,1H3,(H,31,35). The molecule has 3 aromatic rings. The van der Waals surface area contributed by atoms with Crippen LogP contribution in [0.2, 0.25) is 5.02 Å². The van der Waals surface area contributed by atoms with Gasteiger partial charge in [0.25, 0.3) is 0 Å². The molecule has 41 heavy (non-hydrogen) atoms. The summed E-state index contributed by atoms with van der Waals surface area (Å²) in [6.45, 7) is 2.52. The number of likely N-dealkylation sites (tertiary alicyclic amines) is 1. The zero-order valence-corrected chi connectivity index (χ0v) is 24.9. The highest BCUT2D eigenvalue weighted by Gasteiger charge is 2.51. The highest BCUT2D eigenvalue weighted by molar-refractivity contribution is 7.12. The zero-order valence-electron chi connectivity index (χ0n) is 22.5. The molecule has 5 rings (SSSR count). The van der Waals surface area contributed by atoms with Crippen molar-refractivity contribution in [2.45, 2.75) is 37.4 Å². The number of anilines is 1. The van der Waals surface area contributed by atoms with Crippen LogP contribution in [0.1, 0.15) is 45.8 Å². The van der Waals surface area contributed by atoms with Gasteiger partial charge in [0.1, 0.15) is 18.5 Å². The minimum Gasteiger partial charge on any atom is -0.496 e. The van der Waals surface area contributed by atoms with Crippen molar-refractivity contribution < 1.29 is 33.7 Å². The largest absolute Gasteiger partial charge is 0.496 e. The lowest BCUT2D eigenvalue weighted by Crippen LogP contribution is -2.52. The number of carbonyl (C=O) groups is 3. The van der Waals surface area contributed by atoms with Gasteiger partial charge in [-0.3, -0.25) is 15.0 Å². The topological polar surface area (TPSA) is 114 Å². The summed E-state index contributed by atoms with van der Waals surface area (Å²) in [6, 6.07) is 10.1. The number of aldehydes is 1. The van der Waals surface area contributed by atoms with Gasteiger partial charge in [-0.25, -0.2) is 9.59 Å². The maximum atomic E-state index is 13.2. The highest BCUT2D eigenvalue weighted by Crippen LogP contribution is 2.51. The van der Waals surface area contributed by atoms with Crippen LogP contribution in [0.5, 0.6) is 5.75 Å². The van der Waals surface area contributed by atoms with Crippen LogP contribution in [0.15, 0.2) is 47.2 Å². The number of halogens is 1. The minimum atomic E-state index is -1.78. The van der Waals surface area contributed by atoms with Crippen molar-refractivity contribution in [3.63, 3.8) is 0 Å². The van der Waals surface area contributed by atoms with E-state index in [1.165, 1.54) is 41.9 Å². The molecule has 0 atom stereocenters. The minimum absolute atomic E-state index is 0.132. The molecule has 1 aliphatic heterocycles. The second kappa shape index (κ2) is 12.5. The molecule has 1 saturated carbocycles. The number of thiophene rings is 2. The summed E-state index contributed by atoms with van der Waals surface area (Å²) in [6.07, 6.45) is 3.27.